The van der Waals surface area contributed by atoms with Gasteiger partial charge in [-0.05, 0) is 11.1 Å². The van der Waals surface area contributed by atoms with Crippen LogP contribution >= 0.6 is 0 Å². The summed E-state index contributed by atoms with van der Waals surface area (Å²) in [7, 11) is 0. The van der Waals surface area contributed by atoms with E-state index in [1.165, 1.54) is 5.56 Å². The van der Waals surface area contributed by atoms with E-state index in [4.69, 9.17) is 6.11 Å². The van der Waals surface area contributed by atoms with Crippen LogP contribution in [0.3, 0.4) is 0 Å². The van der Waals surface area contributed by atoms with Gasteiger partial charge in [-0.1, -0.05) is 36.4 Å². The molecule has 0 aromatic heterocycles. The Morgan fingerprint density at radius 1 is 1.36 bits per heavy atom. The zero-order chi connectivity index (χ0) is 8.18. The molecule has 2 atom stereocenters. The first-order valence-corrected chi connectivity index (χ1v) is 3.76. The standard InChI is InChI=1S/C10H8O/c1-2-4-8-7(3-1)5-6-9-10(8)11-9/h1-6,9-10H/i9D. The molecular weight excluding hydrogens is 136 g/mol. The Hall–Kier alpha value is -1.08. The van der Waals surface area contributed by atoms with Crippen molar-refractivity contribution in [2.45, 2.75) is 12.2 Å². The maximum Gasteiger partial charge on any atom is 0.114 e. The van der Waals surface area contributed by atoms with Crippen molar-refractivity contribution in [2.75, 3.05) is 0 Å². The summed E-state index contributed by atoms with van der Waals surface area (Å²) in [5, 5.41) is 0. The van der Waals surface area contributed by atoms with E-state index in [-0.39, 0.29) is 6.10 Å². The highest BCUT2D eigenvalue weighted by Crippen LogP contribution is 2.44. The van der Waals surface area contributed by atoms with Gasteiger partial charge in [0.25, 0.3) is 0 Å². The molecule has 1 aromatic rings. The lowest BCUT2D eigenvalue weighted by atomic mass is 9.98. The average Bonchev–Trinajstić information content (AvgIpc) is 2.78. The van der Waals surface area contributed by atoms with Gasteiger partial charge in [0.1, 0.15) is 12.2 Å². The van der Waals surface area contributed by atoms with Crippen molar-refractivity contribution in [3.05, 3.63) is 41.5 Å². The van der Waals surface area contributed by atoms with E-state index in [2.05, 4.69) is 0 Å². The van der Waals surface area contributed by atoms with Crippen LogP contribution in [0.4, 0.5) is 0 Å². The zero-order valence-electron chi connectivity index (χ0n) is 6.95. The third-order valence-electron chi connectivity index (χ3n) is 2.16. The van der Waals surface area contributed by atoms with Gasteiger partial charge in [0.2, 0.25) is 0 Å². The Morgan fingerprint density at radius 2 is 2.27 bits per heavy atom. The fraction of sp³-hybridized carbons (Fsp3) is 0.200. The van der Waals surface area contributed by atoms with Gasteiger partial charge in [-0.2, -0.15) is 0 Å². The molecule has 1 heteroatoms. The van der Waals surface area contributed by atoms with Gasteiger partial charge >= 0.3 is 0 Å². The van der Waals surface area contributed by atoms with Crippen molar-refractivity contribution >= 4 is 6.08 Å². The van der Waals surface area contributed by atoms with Crippen LogP contribution in [0, 0.1) is 0 Å². The van der Waals surface area contributed by atoms with Crippen molar-refractivity contribution < 1.29 is 6.11 Å². The number of hydrogen-bond donors (Lipinski definition) is 0. The summed E-state index contributed by atoms with van der Waals surface area (Å²) in [4.78, 5) is 0. The van der Waals surface area contributed by atoms with Crippen LogP contribution in [0.15, 0.2) is 30.3 Å². The van der Waals surface area contributed by atoms with Crippen molar-refractivity contribution in [2.24, 2.45) is 0 Å². The molecule has 1 nitrogen and oxygen atoms in total. The molecule has 1 aromatic carbocycles. The molecule has 54 valence electrons. The number of benzene rings is 1. The molecule has 1 aliphatic carbocycles. The number of ether oxygens (including phenoxy) is 1. The Kier molecular flexibility index (Phi) is 0.749. The SMILES string of the molecule is [2H]C12C=Cc3ccccc3C1O2. The van der Waals surface area contributed by atoms with Crippen molar-refractivity contribution in [1.82, 2.24) is 0 Å². The van der Waals surface area contributed by atoms with Gasteiger partial charge in [0.15, 0.2) is 0 Å². The number of rotatable bonds is 0. The van der Waals surface area contributed by atoms with E-state index in [0.717, 1.165) is 5.56 Å². The molecule has 1 aliphatic heterocycles. The van der Waals surface area contributed by atoms with Gasteiger partial charge in [-0.25, -0.2) is 0 Å². The van der Waals surface area contributed by atoms with Crippen LogP contribution in [-0.2, 0) is 4.74 Å². The normalized spacial score (nSPS) is 38.9. The minimum atomic E-state index is -0.742. The molecule has 1 fully saturated rings. The Morgan fingerprint density at radius 3 is 3.27 bits per heavy atom. The molecule has 0 N–H and O–H groups in total. The molecule has 0 saturated carbocycles. The lowest BCUT2D eigenvalue weighted by molar-refractivity contribution is 0.395. The minimum absolute atomic E-state index is 0.0151. The maximum absolute atomic E-state index is 7.72. The molecule has 0 spiro atoms. The Bertz CT molecular complexity index is 372. The second-order valence-corrected chi connectivity index (χ2v) is 2.86. The first-order valence-electron chi connectivity index (χ1n) is 4.26. The third kappa shape index (κ3) is 0.688. The second-order valence-electron chi connectivity index (χ2n) is 2.86. The number of fused-ring (bicyclic) bond motifs is 3. The number of epoxide rings is 1. The van der Waals surface area contributed by atoms with E-state index in [1.807, 2.05) is 36.4 Å². The van der Waals surface area contributed by atoms with Gasteiger partial charge in [0.05, 0.1) is 1.37 Å². The zero-order valence-corrected chi connectivity index (χ0v) is 5.95. The van der Waals surface area contributed by atoms with E-state index in [1.54, 1.807) is 0 Å². The summed E-state index contributed by atoms with van der Waals surface area (Å²) in [6.45, 7) is 0. The van der Waals surface area contributed by atoms with Gasteiger partial charge in [-0.3, -0.25) is 0 Å². The summed E-state index contributed by atoms with van der Waals surface area (Å²) in [5.74, 6) is 0. The molecule has 11 heavy (non-hydrogen) atoms. The van der Waals surface area contributed by atoms with E-state index >= 15 is 0 Å². The summed E-state index contributed by atoms with van der Waals surface area (Å²) in [5.41, 5.74) is 2.33. The van der Waals surface area contributed by atoms with Gasteiger partial charge in [-0.15, -0.1) is 0 Å². The van der Waals surface area contributed by atoms with Crippen LogP contribution in [-0.4, -0.2) is 6.08 Å². The quantitative estimate of drug-likeness (QED) is 0.509. The summed E-state index contributed by atoms with van der Waals surface area (Å²) >= 11 is 0. The Labute approximate surface area is 66.7 Å². The molecule has 1 saturated heterocycles. The smallest absolute Gasteiger partial charge is 0.114 e. The van der Waals surface area contributed by atoms with Crippen LogP contribution in [0.25, 0.3) is 6.08 Å². The minimum Gasteiger partial charge on any atom is -0.360 e. The fourth-order valence-electron chi connectivity index (χ4n) is 1.52. The van der Waals surface area contributed by atoms with E-state index < -0.39 is 6.08 Å². The van der Waals surface area contributed by atoms with Gasteiger partial charge in [0, 0.05) is 0 Å². The Balaban J connectivity index is 2.21. The first kappa shape index (κ1) is 4.73. The highest BCUT2D eigenvalue weighted by atomic mass is 16.6. The van der Waals surface area contributed by atoms with Gasteiger partial charge < -0.3 is 4.74 Å². The van der Waals surface area contributed by atoms with Crippen molar-refractivity contribution in [1.29, 1.82) is 0 Å². The molecular formula is C10H8O. The van der Waals surface area contributed by atoms with E-state index in [0.29, 0.717) is 0 Å². The van der Waals surface area contributed by atoms with E-state index in [9.17, 15) is 0 Å². The first-order chi connectivity index (χ1) is 5.80. The molecule has 0 bridgehead atoms. The summed E-state index contributed by atoms with van der Waals surface area (Å²) < 4.78 is 13.0. The maximum atomic E-state index is 7.72. The molecule has 0 amide bonds. The number of hydrogen-bond acceptors (Lipinski definition) is 1. The lowest BCUT2D eigenvalue weighted by Gasteiger charge is -2.04. The predicted molar refractivity (Wildman–Crippen MR) is 43.1 cm³/mol. The molecule has 0 radical (unpaired) electrons. The molecule has 1 heterocycles. The molecule has 3 rings (SSSR count). The summed E-state index contributed by atoms with van der Waals surface area (Å²) in [6, 6.07) is 8.06. The van der Waals surface area contributed by atoms with Crippen LogP contribution in [0.2, 0.25) is 0 Å². The summed E-state index contributed by atoms with van der Waals surface area (Å²) in [6.07, 6.45) is 3.03. The third-order valence-corrected chi connectivity index (χ3v) is 2.16. The fourth-order valence-corrected chi connectivity index (χ4v) is 1.52. The van der Waals surface area contributed by atoms with Crippen molar-refractivity contribution in [3.63, 3.8) is 0 Å². The molecule has 2 unspecified atom stereocenters. The van der Waals surface area contributed by atoms with Crippen LogP contribution in [0.1, 0.15) is 18.6 Å². The predicted octanol–water partition coefficient (Wildman–Crippen LogP) is 2.15. The average molecular weight is 145 g/mol. The monoisotopic (exact) mass is 145 g/mol. The lowest BCUT2D eigenvalue weighted by Crippen LogP contribution is -1.93. The second kappa shape index (κ2) is 1.74. The van der Waals surface area contributed by atoms with Crippen LogP contribution in [0.5, 0.6) is 0 Å². The largest absolute Gasteiger partial charge is 0.360 e. The van der Waals surface area contributed by atoms with Crippen molar-refractivity contribution in [3.8, 4) is 0 Å². The highest BCUT2D eigenvalue weighted by molar-refractivity contribution is 5.60. The topological polar surface area (TPSA) is 12.5 Å². The molecule has 2 aliphatic rings. The van der Waals surface area contributed by atoms with Crippen LogP contribution < -0.4 is 0 Å². The highest BCUT2D eigenvalue weighted by Gasteiger charge is 2.40.